The number of anilines is 3. The zero-order valence-corrected chi connectivity index (χ0v) is 56.9. The molecule has 3 aromatic carbocycles. The monoisotopic (exact) mass is 1450 g/mol. The van der Waals surface area contributed by atoms with Crippen LogP contribution in [0.15, 0.2) is 177 Å². The van der Waals surface area contributed by atoms with Crippen LogP contribution >= 0.6 is 0 Å². The van der Waals surface area contributed by atoms with Gasteiger partial charge in [0, 0.05) is 126 Å². The molecule has 0 spiro atoms. The van der Waals surface area contributed by atoms with Gasteiger partial charge in [-0.2, -0.15) is 0 Å². The van der Waals surface area contributed by atoms with Crippen molar-refractivity contribution in [1.29, 1.82) is 0 Å². The molecule has 12 aromatic rings. The average molecular weight is 1450 g/mol. The molecule has 12 heterocycles. The van der Waals surface area contributed by atoms with Crippen molar-refractivity contribution >= 4 is 35.3 Å². The van der Waals surface area contributed by atoms with E-state index in [2.05, 4.69) is 79.9 Å². The van der Waals surface area contributed by atoms with Crippen LogP contribution in [0.5, 0.6) is 11.6 Å². The third kappa shape index (κ3) is 17.5. The van der Waals surface area contributed by atoms with E-state index in [-0.39, 0.29) is 72.3 Å². The van der Waals surface area contributed by atoms with E-state index in [1.165, 1.54) is 93.2 Å². The summed E-state index contributed by atoms with van der Waals surface area (Å²) in [5.74, 6) is 2.31. The first kappa shape index (κ1) is 71.2. The molecule has 0 atom stereocenters. The Kier molecular flexibility index (Phi) is 22.1. The maximum atomic E-state index is 13.5. The van der Waals surface area contributed by atoms with Gasteiger partial charge < -0.3 is 38.9 Å². The Morgan fingerprint density at radius 3 is 1.08 bits per heavy atom. The molecule has 28 nitrogen and oxygen atoms in total. The Morgan fingerprint density at radius 1 is 0.368 bits per heavy atom. The predicted octanol–water partition coefficient (Wildman–Crippen LogP) is 7.89. The van der Waals surface area contributed by atoms with E-state index in [0.29, 0.717) is 142 Å². The van der Waals surface area contributed by atoms with Crippen molar-refractivity contribution in [2.75, 3.05) is 107 Å². The standard InChI is InChI=1S/C25H23F2N7O2.C24H22F2N8O2.C23H20F2N8O/c1-36-20-8-9-28-22(14-20)32-10-12-33(13-11-32)23(35)16-34-25(17-2-4-18(26)5-3-17)30-24(31-34)21-7-6-19(27)15-29-21;1-36-21-12-20(28-15-29-21)32-8-10-33(11-9-32)22(35)14-34-24(16-2-4-17(25)5-3-16)30-23(31-34)19-7-6-18(26)13-27-19;24-17-4-2-16(3-5-17)22-29-21(19-7-6-18(25)14-28-19)30-33(22)15-20(34)31-10-12-32(13-11-31)23-26-8-1-9-27-23/h2-9,14-15H,10-13,16H2,1H3;2-7,12-13,15H,8-11,14H2,1H3;1-9,14H,10-13,15H2. The van der Waals surface area contributed by atoms with Crippen LogP contribution < -0.4 is 24.2 Å². The number of rotatable bonds is 17. The Morgan fingerprint density at radius 2 is 0.726 bits per heavy atom. The highest BCUT2D eigenvalue weighted by Gasteiger charge is 2.29. The summed E-state index contributed by atoms with van der Waals surface area (Å²) in [6.45, 7) is 6.56. The van der Waals surface area contributed by atoms with E-state index in [4.69, 9.17) is 9.47 Å². The molecule has 15 rings (SSSR count). The number of carbonyl (C=O) groups is 3. The summed E-state index contributed by atoms with van der Waals surface area (Å²) < 4.78 is 95.3. The van der Waals surface area contributed by atoms with Gasteiger partial charge in [-0.1, -0.05) is 0 Å². The topological polar surface area (TPSA) is 284 Å². The highest BCUT2D eigenvalue weighted by molar-refractivity contribution is 5.79. The Hall–Kier alpha value is -13.2. The lowest BCUT2D eigenvalue weighted by Crippen LogP contribution is -2.50. The van der Waals surface area contributed by atoms with E-state index < -0.39 is 17.5 Å². The first-order chi connectivity index (χ1) is 51.6. The molecular weight excluding hydrogens is 1380 g/mol. The molecule has 540 valence electrons. The van der Waals surface area contributed by atoms with Gasteiger partial charge in [0.1, 0.15) is 95.3 Å². The van der Waals surface area contributed by atoms with Gasteiger partial charge in [-0.05, 0) is 121 Å². The molecular formula is C72H65F6N23O5. The number of pyridine rings is 4. The van der Waals surface area contributed by atoms with Gasteiger partial charge in [0.2, 0.25) is 29.5 Å². The second kappa shape index (κ2) is 32.9. The maximum Gasteiger partial charge on any atom is 0.244 e. The molecule has 0 radical (unpaired) electrons. The predicted molar refractivity (Wildman–Crippen MR) is 374 cm³/mol. The average Bonchev–Trinajstić information content (AvgIpc) is 1.67. The molecule has 34 heteroatoms. The smallest absolute Gasteiger partial charge is 0.244 e. The molecule has 0 unspecified atom stereocenters. The van der Waals surface area contributed by atoms with Crippen LogP contribution in [0.4, 0.5) is 43.9 Å². The Labute approximate surface area is 601 Å². The van der Waals surface area contributed by atoms with Gasteiger partial charge in [-0.25, -0.2) is 95.2 Å². The number of hydrogen-bond acceptors (Lipinski definition) is 22. The zero-order chi connectivity index (χ0) is 73.6. The van der Waals surface area contributed by atoms with Crippen molar-refractivity contribution in [3.63, 3.8) is 0 Å². The second-order valence-electron chi connectivity index (χ2n) is 24.0. The van der Waals surface area contributed by atoms with Crippen LogP contribution in [0, 0.1) is 34.9 Å². The molecule has 3 aliphatic heterocycles. The van der Waals surface area contributed by atoms with Gasteiger partial charge in [-0.3, -0.25) is 14.4 Å². The number of hydrogen-bond donors (Lipinski definition) is 0. The van der Waals surface area contributed by atoms with Crippen LogP contribution in [0.3, 0.4) is 0 Å². The van der Waals surface area contributed by atoms with E-state index in [0.717, 1.165) is 36.0 Å². The van der Waals surface area contributed by atoms with Gasteiger partial charge in [0.15, 0.2) is 34.9 Å². The van der Waals surface area contributed by atoms with Gasteiger partial charge in [-0.15, -0.1) is 15.3 Å². The minimum atomic E-state index is -0.480. The third-order valence-corrected chi connectivity index (χ3v) is 17.2. The fourth-order valence-corrected chi connectivity index (χ4v) is 11.6. The highest BCUT2D eigenvalue weighted by Crippen LogP contribution is 2.28. The van der Waals surface area contributed by atoms with Crippen molar-refractivity contribution in [1.82, 2.24) is 98.9 Å². The SMILES string of the molecule is COc1cc(N2CCN(C(=O)Cn3nc(-c4ccc(F)cn4)nc3-c3ccc(F)cc3)CC2)ncn1.COc1ccnc(N2CCN(C(=O)Cn3nc(-c4ccc(F)cn4)nc3-c3ccc(F)cc3)CC2)c1.O=C(Cn1nc(-c2ccc(F)cn2)nc1-c1ccc(F)cc1)N1CCN(c2ncccn2)CC1. The number of halogens is 6. The first-order valence-electron chi connectivity index (χ1n) is 33.3. The minimum Gasteiger partial charge on any atom is -0.497 e. The van der Waals surface area contributed by atoms with Crippen LogP contribution in [-0.2, 0) is 34.0 Å². The van der Waals surface area contributed by atoms with Crippen molar-refractivity contribution in [2.45, 2.75) is 19.6 Å². The number of methoxy groups -OCH3 is 2. The van der Waals surface area contributed by atoms with Crippen molar-refractivity contribution in [2.24, 2.45) is 0 Å². The largest absolute Gasteiger partial charge is 0.497 e. The summed E-state index contributed by atoms with van der Waals surface area (Å²) in [6.07, 6.45) is 9.75. The maximum absolute atomic E-state index is 13.5. The summed E-state index contributed by atoms with van der Waals surface area (Å²) in [5, 5.41) is 13.4. The summed E-state index contributed by atoms with van der Waals surface area (Å²) in [7, 11) is 3.15. The number of nitrogens with zero attached hydrogens (tertiary/aromatic N) is 23. The summed E-state index contributed by atoms with van der Waals surface area (Å²) >= 11 is 0. The molecule has 0 saturated carbocycles. The fourth-order valence-electron chi connectivity index (χ4n) is 11.6. The second-order valence-corrected chi connectivity index (χ2v) is 24.0. The lowest BCUT2D eigenvalue weighted by atomic mass is 10.2. The van der Waals surface area contributed by atoms with Crippen LogP contribution in [0.2, 0.25) is 0 Å². The van der Waals surface area contributed by atoms with Gasteiger partial charge in [0.25, 0.3) is 0 Å². The zero-order valence-electron chi connectivity index (χ0n) is 56.9. The van der Waals surface area contributed by atoms with E-state index in [1.807, 2.05) is 11.0 Å². The molecule has 3 saturated heterocycles. The van der Waals surface area contributed by atoms with E-state index in [1.54, 1.807) is 102 Å². The molecule has 0 aliphatic carbocycles. The van der Waals surface area contributed by atoms with Crippen LogP contribution in [0.25, 0.3) is 68.7 Å². The summed E-state index contributed by atoms with van der Waals surface area (Å²) in [4.78, 5) is 97.8. The first-order valence-corrected chi connectivity index (χ1v) is 33.3. The van der Waals surface area contributed by atoms with Crippen molar-refractivity contribution in [3.05, 3.63) is 212 Å². The number of amides is 3. The quantitative estimate of drug-likeness (QED) is 0.0783. The van der Waals surface area contributed by atoms with Crippen molar-refractivity contribution < 1.29 is 50.2 Å². The number of benzene rings is 3. The molecule has 106 heavy (non-hydrogen) atoms. The number of ether oxygens (including phenoxy) is 2. The molecule has 3 amide bonds. The lowest BCUT2D eigenvalue weighted by Gasteiger charge is -2.35. The van der Waals surface area contributed by atoms with Crippen LogP contribution in [-0.4, -0.2) is 209 Å². The number of aromatic nitrogens is 17. The molecule has 9 aromatic heterocycles. The van der Waals surface area contributed by atoms with Crippen LogP contribution in [0.1, 0.15) is 0 Å². The minimum absolute atomic E-state index is 0.0528. The molecule has 0 bridgehead atoms. The Bertz CT molecular complexity index is 4760. The van der Waals surface area contributed by atoms with Gasteiger partial charge in [0.05, 0.1) is 32.8 Å². The highest BCUT2D eigenvalue weighted by atomic mass is 19.1. The molecule has 3 fully saturated rings. The van der Waals surface area contributed by atoms with E-state index in [9.17, 15) is 40.7 Å². The van der Waals surface area contributed by atoms with Gasteiger partial charge >= 0.3 is 0 Å². The number of piperazine rings is 3. The lowest BCUT2D eigenvalue weighted by molar-refractivity contribution is -0.133. The third-order valence-electron chi connectivity index (χ3n) is 17.2. The normalized spacial score (nSPS) is 13.7. The summed E-state index contributed by atoms with van der Waals surface area (Å²) in [6, 6.07) is 32.7. The fraction of sp³-hybridized carbons (Fsp3) is 0.236. The summed E-state index contributed by atoms with van der Waals surface area (Å²) in [5.41, 5.74) is 2.88. The van der Waals surface area contributed by atoms with Crippen molar-refractivity contribution in [3.8, 4) is 80.3 Å². The number of carbonyl (C=O) groups excluding carboxylic acids is 3. The molecule has 0 N–H and O–H groups in total. The Balaban J connectivity index is 0.000000141. The van der Waals surface area contributed by atoms with E-state index >= 15 is 0 Å². The molecule has 3 aliphatic rings.